The molecule has 0 saturated carbocycles. The average Bonchev–Trinajstić information content (AvgIpc) is 3.03. The summed E-state index contributed by atoms with van der Waals surface area (Å²) >= 11 is 1.16. The molecule has 0 aliphatic rings. The number of thiophene rings is 1. The fraction of sp³-hybridized carbons (Fsp3) is 0.200. The van der Waals surface area contributed by atoms with Gasteiger partial charge >= 0.3 is 5.97 Å². The fourth-order valence-electron chi connectivity index (χ4n) is 2.01. The molecule has 0 aliphatic carbocycles. The van der Waals surface area contributed by atoms with E-state index < -0.39 is 29.0 Å². The zero-order chi connectivity index (χ0) is 16.3. The van der Waals surface area contributed by atoms with Crippen LogP contribution < -0.4 is 5.32 Å². The standard InChI is InChI=1S/C15H13F2NO3S/c1-15(14(20)21-2,10-8-9(16)5-6-11(10)17)18-13(19)12-4-3-7-22-12/h3-8H,1-2H3,(H,18,19). The van der Waals surface area contributed by atoms with Crippen molar-refractivity contribution in [3.63, 3.8) is 0 Å². The summed E-state index contributed by atoms with van der Waals surface area (Å²) in [5.41, 5.74) is -2.15. The van der Waals surface area contributed by atoms with Gasteiger partial charge in [-0.15, -0.1) is 11.3 Å². The van der Waals surface area contributed by atoms with Crippen LogP contribution in [-0.2, 0) is 15.1 Å². The maximum absolute atomic E-state index is 14.0. The van der Waals surface area contributed by atoms with Crippen molar-refractivity contribution in [2.45, 2.75) is 12.5 Å². The van der Waals surface area contributed by atoms with Gasteiger partial charge in [-0.2, -0.15) is 0 Å². The van der Waals surface area contributed by atoms with Crippen molar-refractivity contribution in [2.24, 2.45) is 0 Å². The summed E-state index contributed by atoms with van der Waals surface area (Å²) in [7, 11) is 1.11. The highest BCUT2D eigenvalue weighted by atomic mass is 32.1. The highest BCUT2D eigenvalue weighted by Gasteiger charge is 2.41. The van der Waals surface area contributed by atoms with E-state index in [-0.39, 0.29) is 5.56 Å². The maximum Gasteiger partial charge on any atom is 0.336 e. The van der Waals surface area contributed by atoms with Crippen LogP contribution in [0.2, 0.25) is 0 Å². The van der Waals surface area contributed by atoms with Crippen molar-refractivity contribution in [3.8, 4) is 0 Å². The Hall–Kier alpha value is -2.28. The first kappa shape index (κ1) is 16.1. The fourth-order valence-corrected chi connectivity index (χ4v) is 2.63. The molecule has 0 saturated heterocycles. The molecule has 0 fully saturated rings. The first-order chi connectivity index (χ1) is 10.4. The molecular formula is C15H13F2NO3S. The molecular weight excluding hydrogens is 312 g/mol. The summed E-state index contributed by atoms with van der Waals surface area (Å²) in [6.45, 7) is 1.27. The molecule has 4 nitrogen and oxygen atoms in total. The number of hydrogen-bond acceptors (Lipinski definition) is 4. The number of methoxy groups -OCH3 is 1. The Bertz CT molecular complexity index is 703. The van der Waals surface area contributed by atoms with E-state index in [1.165, 1.54) is 6.92 Å². The van der Waals surface area contributed by atoms with Gasteiger partial charge in [0.2, 0.25) is 0 Å². The molecule has 0 radical (unpaired) electrons. The number of ether oxygens (including phenoxy) is 1. The minimum atomic E-state index is -1.85. The smallest absolute Gasteiger partial charge is 0.336 e. The van der Waals surface area contributed by atoms with E-state index in [0.29, 0.717) is 4.88 Å². The van der Waals surface area contributed by atoms with E-state index in [0.717, 1.165) is 36.6 Å². The number of carbonyl (C=O) groups excluding carboxylic acids is 2. The van der Waals surface area contributed by atoms with Crippen molar-refractivity contribution in [1.29, 1.82) is 0 Å². The summed E-state index contributed by atoms with van der Waals surface area (Å²) in [5, 5.41) is 4.11. The summed E-state index contributed by atoms with van der Waals surface area (Å²) in [6.07, 6.45) is 0. The molecule has 0 spiro atoms. The summed E-state index contributed by atoms with van der Waals surface area (Å²) < 4.78 is 32.1. The van der Waals surface area contributed by atoms with Crippen LogP contribution in [0.25, 0.3) is 0 Å². The van der Waals surface area contributed by atoms with Gasteiger partial charge in [-0.05, 0) is 36.6 Å². The molecule has 2 rings (SSSR count). The number of esters is 1. The van der Waals surface area contributed by atoms with Crippen LogP contribution in [0.15, 0.2) is 35.7 Å². The molecule has 1 unspecified atom stereocenters. The van der Waals surface area contributed by atoms with E-state index in [9.17, 15) is 18.4 Å². The second kappa shape index (κ2) is 6.23. The Kier molecular flexibility index (Phi) is 4.56. The average molecular weight is 325 g/mol. The first-order valence-corrected chi connectivity index (χ1v) is 7.16. The number of halogens is 2. The van der Waals surface area contributed by atoms with Crippen LogP contribution in [0.3, 0.4) is 0 Å². The third kappa shape index (κ3) is 2.99. The lowest BCUT2D eigenvalue weighted by atomic mass is 9.91. The molecule has 0 bridgehead atoms. The molecule has 1 amide bonds. The van der Waals surface area contributed by atoms with Gasteiger partial charge in [0.15, 0.2) is 5.54 Å². The Morgan fingerprint density at radius 1 is 1.27 bits per heavy atom. The quantitative estimate of drug-likeness (QED) is 0.880. The number of rotatable bonds is 4. The molecule has 1 N–H and O–H groups in total. The van der Waals surface area contributed by atoms with E-state index in [4.69, 9.17) is 0 Å². The van der Waals surface area contributed by atoms with Gasteiger partial charge in [0.1, 0.15) is 11.6 Å². The van der Waals surface area contributed by atoms with Crippen molar-refractivity contribution >= 4 is 23.2 Å². The van der Waals surface area contributed by atoms with Crippen molar-refractivity contribution in [3.05, 3.63) is 57.8 Å². The second-order valence-electron chi connectivity index (χ2n) is 4.67. The third-order valence-electron chi connectivity index (χ3n) is 3.17. The van der Waals surface area contributed by atoms with Gasteiger partial charge in [0.05, 0.1) is 12.0 Å². The predicted octanol–water partition coefficient (Wildman–Crippen LogP) is 2.84. The Labute approximate surface area is 129 Å². The van der Waals surface area contributed by atoms with Crippen LogP contribution in [0.4, 0.5) is 8.78 Å². The Morgan fingerprint density at radius 3 is 2.59 bits per heavy atom. The van der Waals surface area contributed by atoms with Crippen LogP contribution in [0.1, 0.15) is 22.2 Å². The molecule has 1 aromatic carbocycles. The van der Waals surface area contributed by atoms with Crippen molar-refractivity contribution < 1.29 is 23.1 Å². The van der Waals surface area contributed by atoms with Crippen LogP contribution in [0, 0.1) is 11.6 Å². The van der Waals surface area contributed by atoms with Gasteiger partial charge in [0.25, 0.3) is 5.91 Å². The molecule has 7 heteroatoms. The van der Waals surface area contributed by atoms with Gasteiger partial charge in [0, 0.05) is 5.56 Å². The predicted molar refractivity (Wildman–Crippen MR) is 77.5 cm³/mol. The largest absolute Gasteiger partial charge is 0.467 e. The number of hydrogen-bond donors (Lipinski definition) is 1. The minimum Gasteiger partial charge on any atom is -0.467 e. The lowest BCUT2D eigenvalue weighted by Gasteiger charge is -2.28. The molecule has 22 heavy (non-hydrogen) atoms. The molecule has 1 heterocycles. The number of nitrogens with one attached hydrogen (secondary N) is 1. The Morgan fingerprint density at radius 2 is 2.00 bits per heavy atom. The second-order valence-corrected chi connectivity index (χ2v) is 5.62. The first-order valence-electron chi connectivity index (χ1n) is 6.28. The van der Waals surface area contributed by atoms with E-state index >= 15 is 0 Å². The normalized spacial score (nSPS) is 13.3. The molecule has 0 aliphatic heterocycles. The summed E-state index contributed by atoms with van der Waals surface area (Å²) in [6, 6.07) is 5.90. The van der Waals surface area contributed by atoms with Crippen LogP contribution in [0.5, 0.6) is 0 Å². The highest BCUT2D eigenvalue weighted by Crippen LogP contribution is 2.27. The lowest BCUT2D eigenvalue weighted by Crippen LogP contribution is -2.50. The molecule has 2 aromatic rings. The third-order valence-corrected chi connectivity index (χ3v) is 4.04. The minimum absolute atomic E-state index is 0.302. The van der Waals surface area contributed by atoms with Gasteiger partial charge in [-0.3, -0.25) is 4.79 Å². The van der Waals surface area contributed by atoms with Gasteiger partial charge in [-0.25, -0.2) is 13.6 Å². The van der Waals surface area contributed by atoms with E-state index in [1.54, 1.807) is 17.5 Å². The monoisotopic (exact) mass is 325 g/mol. The van der Waals surface area contributed by atoms with Gasteiger partial charge in [-0.1, -0.05) is 6.07 Å². The highest BCUT2D eigenvalue weighted by molar-refractivity contribution is 7.12. The van der Waals surface area contributed by atoms with E-state index in [1.807, 2.05) is 0 Å². The molecule has 1 atom stereocenters. The van der Waals surface area contributed by atoms with Crippen molar-refractivity contribution in [2.75, 3.05) is 7.11 Å². The van der Waals surface area contributed by atoms with Crippen LogP contribution in [-0.4, -0.2) is 19.0 Å². The summed E-state index contributed by atoms with van der Waals surface area (Å²) in [4.78, 5) is 24.6. The summed E-state index contributed by atoms with van der Waals surface area (Å²) in [5.74, 6) is -3.02. The number of amides is 1. The topological polar surface area (TPSA) is 55.4 Å². The van der Waals surface area contributed by atoms with Crippen molar-refractivity contribution in [1.82, 2.24) is 5.32 Å². The van der Waals surface area contributed by atoms with Crippen LogP contribution >= 0.6 is 11.3 Å². The zero-order valence-electron chi connectivity index (χ0n) is 11.9. The number of carbonyl (C=O) groups is 2. The maximum atomic E-state index is 14.0. The van der Waals surface area contributed by atoms with Gasteiger partial charge < -0.3 is 10.1 Å². The SMILES string of the molecule is COC(=O)C(C)(NC(=O)c1cccs1)c1cc(F)ccc1F. The zero-order valence-corrected chi connectivity index (χ0v) is 12.7. The molecule has 116 valence electrons. The molecule has 1 aromatic heterocycles. The Balaban J connectivity index is 2.46. The number of benzene rings is 1. The lowest BCUT2D eigenvalue weighted by molar-refractivity contribution is -0.148. The van der Waals surface area contributed by atoms with E-state index in [2.05, 4.69) is 10.1 Å².